The van der Waals surface area contributed by atoms with Crippen molar-refractivity contribution < 1.29 is 26.6 Å². The normalized spacial score (nSPS) is 17.6. The molecule has 0 amide bonds. The fourth-order valence-corrected chi connectivity index (χ4v) is 10.8. The van der Waals surface area contributed by atoms with Crippen LogP contribution < -0.4 is 5.32 Å². The van der Waals surface area contributed by atoms with E-state index in [0.29, 0.717) is 0 Å². The van der Waals surface area contributed by atoms with Crippen LogP contribution in [-0.4, -0.2) is 126 Å². The zero-order valence-corrected chi connectivity index (χ0v) is 22.7. The summed E-state index contributed by atoms with van der Waals surface area (Å²) in [5, 5.41) is 3.55. The van der Waals surface area contributed by atoms with Crippen LogP contribution in [0.1, 0.15) is 6.42 Å². The Kier molecular flexibility index (Phi) is 13.0. The van der Waals surface area contributed by atoms with E-state index in [-0.39, 0.29) is 0 Å². The molecule has 0 aromatic heterocycles. The highest BCUT2D eigenvalue weighted by Gasteiger charge is 2.43. The van der Waals surface area contributed by atoms with Crippen LogP contribution in [0.25, 0.3) is 0 Å². The second-order valence-corrected chi connectivity index (χ2v) is 15.6. The Morgan fingerprint density at radius 3 is 1.93 bits per heavy atom. The van der Waals surface area contributed by atoms with Crippen LogP contribution in [0.15, 0.2) is 11.0 Å². The van der Waals surface area contributed by atoms with Crippen molar-refractivity contribution in [2.24, 2.45) is 0 Å². The smallest absolute Gasteiger partial charge is 0.377 e. The lowest BCUT2D eigenvalue weighted by Gasteiger charge is -2.34. The Morgan fingerprint density at radius 1 is 0.897 bits per heavy atom. The first-order valence-electron chi connectivity index (χ1n) is 10.1. The first-order chi connectivity index (χ1) is 13.9. The summed E-state index contributed by atoms with van der Waals surface area (Å²) in [5.41, 5.74) is 0. The van der Waals surface area contributed by atoms with Crippen molar-refractivity contribution in [3.63, 3.8) is 0 Å². The average Bonchev–Trinajstić information content (AvgIpc) is 2.76. The highest BCUT2D eigenvalue weighted by atomic mass is 28.4. The number of hydrogen-bond donors (Lipinski definition) is 1. The minimum Gasteiger partial charge on any atom is -0.377 e. The van der Waals surface area contributed by atoms with Crippen molar-refractivity contribution in [3.05, 3.63) is 11.0 Å². The van der Waals surface area contributed by atoms with Gasteiger partial charge >= 0.3 is 17.6 Å². The fourth-order valence-electron chi connectivity index (χ4n) is 3.45. The molecule has 1 rings (SSSR count). The first-order valence-corrected chi connectivity index (χ1v) is 15.5. The van der Waals surface area contributed by atoms with E-state index >= 15 is 0 Å². The van der Waals surface area contributed by atoms with Crippen molar-refractivity contribution in [1.29, 1.82) is 0 Å². The molecule has 1 N–H and O–H groups in total. The van der Waals surface area contributed by atoms with Crippen LogP contribution in [0.4, 0.5) is 0 Å². The molecule has 12 heteroatoms. The van der Waals surface area contributed by atoms with Crippen LogP contribution in [0.2, 0.25) is 6.04 Å². The molecular formula is C17H41N3O6Si3. The van der Waals surface area contributed by atoms with Gasteiger partial charge in [-0.1, -0.05) is 0 Å². The van der Waals surface area contributed by atoms with E-state index < -0.39 is 27.1 Å². The molecule has 0 spiro atoms. The predicted molar refractivity (Wildman–Crippen MR) is 122 cm³/mol. The molecule has 0 atom stereocenters. The summed E-state index contributed by atoms with van der Waals surface area (Å²) >= 11 is 0. The summed E-state index contributed by atoms with van der Waals surface area (Å²) in [6.07, 6.45) is 4.14. The summed E-state index contributed by atoms with van der Waals surface area (Å²) in [4.78, 5) is 5.95. The highest BCUT2D eigenvalue weighted by Crippen LogP contribution is 2.18. The first kappa shape index (κ1) is 26.9. The molecule has 1 aliphatic heterocycles. The standard InChI is InChI=1S/C17H41N3O6Si3/c1-19-10-12-20(13-11-19)15-17(29(24-5,25-6)26-7)27-16-18-9-8-14-28(21-2,22-3)23-4/h15,18H,8-14,16,27H2,1-7H3. The third-order valence-electron chi connectivity index (χ3n) is 5.42. The van der Waals surface area contributed by atoms with Gasteiger partial charge in [-0.05, 0) is 37.2 Å². The molecule has 29 heavy (non-hydrogen) atoms. The van der Waals surface area contributed by atoms with Crippen molar-refractivity contribution in [2.45, 2.75) is 12.5 Å². The number of likely N-dealkylation sites (N-methyl/N-ethyl adjacent to an activating group) is 1. The van der Waals surface area contributed by atoms with Gasteiger partial charge in [0.2, 0.25) is 0 Å². The van der Waals surface area contributed by atoms with E-state index in [0.717, 1.165) is 51.4 Å². The number of hydrogen-bond acceptors (Lipinski definition) is 9. The molecule has 0 radical (unpaired) electrons. The molecular weight excluding hydrogens is 426 g/mol. The lowest BCUT2D eigenvalue weighted by Crippen LogP contribution is -2.50. The summed E-state index contributed by atoms with van der Waals surface area (Å²) in [7, 11) is 6.24. The molecule has 1 heterocycles. The van der Waals surface area contributed by atoms with Crippen molar-refractivity contribution in [1.82, 2.24) is 15.1 Å². The van der Waals surface area contributed by atoms with Gasteiger partial charge in [0, 0.05) is 74.9 Å². The molecule has 172 valence electrons. The maximum Gasteiger partial charge on any atom is 0.528 e. The Hall–Kier alpha value is -0.129. The summed E-state index contributed by atoms with van der Waals surface area (Å²) in [5.74, 6) is 0. The number of nitrogens with one attached hydrogen (secondary N) is 1. The maximum absolute atomic E-state index is 5.78. The predicted octanol–water partition coefficient (Wildman–Crippen LogP) is -0.523. The molecule has 0 aromatic carbocycles. The molecule has 0 unspecified atom stereocenters. The van der Waals surface area contributed by atoms with E-state index in [4.69, 9.17) is 26.6 Å². The number of nitrogens with zero attached hydrogens (tertiary/aromatic N) is 2. The fraction of sp³-hybridized carbons (Fsp3) is 0.882. The van der Waals surface area contributed by atoms with Crippen LogP contribution >= 0.6 is 0 Å². The zero-order chi connectivity index (χ0) is 21.8. The Balaban J connectivity index is 2.62. The number of rotatable bonds is 15. The van der Waals surface area contributed by atoms with Crippen LogP contribution in [0.3, 0.4) is 0 Å². The van der Waals surface area contributed by atoms with E-state index in [1.54, 1.807) is 42.7 Å². The summed E-state index contributed by atoms with van der Waals surface area (Å²) < 4.78 is 33.8. The van der Waals surface area contributed by atoms with E-state index in [1.807, 2.05) is 0 Å². The summed E-state index contributed by atoms with van der Waals surface area (Å²) in [6, 6.07) is 0.794. The Morgan fingerprint density at radius 2 is 1.45 bits per heavy atom. The van der Waals surface area contributed by atoms with Gasteiger partial charge < -0.3 is 41.7 Å². The van der Waals surface area contributed by atoms with Gasteiger partial charge in [0.15, 0.2) is 0 Å². The van der Waals surface area contributed by atoms with Crippen molar-refractivity contribution >= 4 is 27.1 Å². The molecule has 1 aliphatic rings. The van der Waals surface area contributed by atoms with Gasteiger partial charge in [-0.2, -0.15) is 0 Å². The van der Waals surface area contributed by atoms with Gasteiger partial charge in [-0.15, -0.1) is 0 Å². The second-order valence-electron chi connectivity index (χ2n) is 7.06. The second kappa shape index (κ2) is 14.0. The van der Waals surface area contributed by atoms with Gasteiger partial charge in [0.05, 0.1) is 9.52 Å². The van der Waals surface area contributed by atoms with E-state index in [2.05, 4.69) is 28.4 Å². The van der Waals surface area contributed by atoms with Crippen LogP contribution in [-0.2, 0) is 26.6 Å². The molecule has 0 saturated carbocycles. The maximum atomic E-state index is 5.78. The lowest BCUT2D eigenvalue weighted by molar-refractivity contribution is 0.123. The van der Waals surface area contributed by atoms with Crippen molar-refractivity contribution in [2.75, 3.05) is 88.6 Å². The minimum absolute atomic E-state index is 0.649. The average molecular weight is 468 g/mol. The molecule has 1 fully saturated rings. The molecule has 1 saturated heterocycles. The van der Waals surface area contributed by atoms with Gasteiger partial charge in [0.1, 0.15) is 0 Å². The van der Waals surface area contributed by atoms with Crippen LogP contribution in [0, 0.1) is 0 Å². The molecule has 0 aromatic rings. The van der Waals surface area contributed by atoms with Gasteiger partial charge in [-0.25, -0.2) is 0 Å². The molecule has 9 nitrogen and oxygen atoms in total. The SMILES string of the molecule is CO[Si](CCCNC[SiH2]C(=CN1CCN(C)CC1)[Si](OC)(OC)OC)(OC)OC. The van der Waals surface area contributed by atoms with Crippen LogP contribution in [0.5, 0.6) is 0 Å². The largest absolute Gasteiger partial charge is 0.528 e. The summed E-state index contributed by atoms with van der Waals surface area (Å²) in [6.45, 7) is 5.05. The highest BCUT2D eigenvalue weighted by molar-refractivity contribution is 6.83. The van der Waals surface area contributed by atoms with E-state index in [9.17, 15) is 0 Å². The topological polar surface area (TPSA) is 73.9 Å². The monoisotopic (exact) mass is 467 g/mol. The zero-order valence-electron chi connectivity index (χ0n) is 19.3. The quantitative estimate of drug-likeness (QED) is 0.253. The lowest BCUT2D eigenvalue weighted by atomic mass is 10.3. The van der Waals surface area contributed by atoms with Gasteiger partial charge in [0.25, 0.3) is 0 Å². The van der Waals surface area contributed by atoms with E-state index in [1.165, 1.54) is 4.82 Å². The third kappa shape index (κ3) is 8.14. The third-order valence-corrected chi connectivity index (χ3v) is 14.2. The number of piperazine rings is 1. The molecule has 0 aliphatic carbocycles. The van der Waals surface area contributed by atoms with Gasteiger partial charge in [-0.3, -0.25) is 0 Å². The molecule has 0 bridgehead atoms. The van der Waals surface area contributed by atoms with Crippen molar-refractivity contribution in [3.8, 4) is 0 Å². The minimum atomic E-state index is -2.79. The Labute approximate surface area is 181 Å². The Bertz CT molecular complexity index is 457.